The summed E-state index contributed by atoms with van der Waals surface area (Å²) in [5, 5.41) is 10.0. The Morgan fingerprint density at radius 3 is 2.90 bits per heavy atom. The molecule has 10 heteroatoms. The molecule has 1 unspecified atom stereocenters. The Balaban J connectivity index is 1.24. The van der Waals surface area contributed by atoms with Crippen molar-refractivity contribution in [2.75, 3.05) is 18.5 Å². The molecule has 2 saturated heterocycles. The van der Waals surface area contributed by atoms with Crippen LogP contribution in [0.15, 0.2) is 30.6 Å². The molecule has 0 bridgehead atoms. The van der Waals surface area contributed by atoms with Crippen molar-refractivity contribution in [1.82, 2.24) is 20.0 Å². The molecule has 3 aliphatic heterocycles. The van der Waals surface area contributed by atoms with Gasteiger partial charge in [0.25, 0.3) is 5.91 Å². The fraction of sp³-hybridized carbons (Fsp3) is 0.429. The highest BCUT2D eigenvalue weighted by molar-refractivity contribution is 6.05. The van der Waals surface area contributed by atoms with E-state index in [1.165, 1.54) is 0 Å². The molecule has 4 heterocycles. The van der Waals surface area contributed by atoms with E-state index in [-0.39, 0.29) is 30.3 Å². The van der Waals surface area contributed by atoms with Crippen LogP contribution < -0.4 is 16.4 Å². The number of amides is 3. The van der Waals surface area contributed by atoms with Crippen molar-refractivity contribution >= 4 is 23.4 Å². The van der Waals surface area contributed by atoms with E-state index in [0.29, 0.717) is 38.3 Å². The number of hydrogen-bond acceptors (Lipinski definition) is 7. The molecule has 2 fully saturated rings. The molecule has 162 valence electrons. The third-order valence-electron chi connectivity index (χ3n) is 6.12. The van der Waals surface area contributed by atoms with Crippen LogP contribution in [0.1, 0.15) is 40.4 Å². The highest BCUT2D eigenvalue weighted by Gasteiger charge is 2.39. The lowest BCUT2D eigenvalue weighted by Crippen LogP contribution is -2.52. The fourth-order valence-electron chi connectivity index (χ4n) is 4.36. The van der Waals surface area contributed by atoms with Crippen molar-refractivity contribution in [1.29, 1.82) is 0 Å². The maximum Gasteiger partial charge on any atom is 0.255 e. The van der Waals surface area contributed by atoms with E-state index in [1.807, 2.05) is 29.1 Å². The van der Waals surface area contributed by atoms with Gasteiger partial charge >= 0.3 is 0 Å². The highest BCUT2D eigenvalue weighted by atomic mass is 16.5. The van der Waals surface area contributed by atoms with Crippen LogP contribution >= 0.6 is 0 Å². The number of nitrogens with one attached hydrogen (secondary N) is 2. The Morgan fingerprint density at radius 2 is 2.13 bits per heavy atom. The lowest BCUT2D eigenvalue weighted by atomic mass is 10.0. The van der Waals surface area contributed by atoms with Crippen molar-refractivity contribution in [2.24, 2.45) is 5.73 Å². The van der Waals surface area contributed by atoms with Crippen molar-refractivity contribution in [2.45, 2.75) is 44.1 Å². The first kappa shape index (κ1) is 19.7. The third kappa shape index (κ3) is 3.68. The second-order valence-corrected chi connectivity index (χ2v) is 8.22. The van der Waals surface area contributed by atoms with Crippen LogP contribution in [-0.2, 0) is 27.4 Å². The molecule has 0 saturated carbocycles. The number of carbonyl (C=O) groups is 3. The highest BCUT2D eigenvalue weighted by Crippen LogP contribution is 2.28. The van der Waals surface area contributed by atoms with Crippen LogP contribution in [0.2, 0.25) is 0 Å². The van der Waals surface area contributed by atoms with Gasteiger partial charge in [-0.3, -0.25) is 24.4 Å². The molecule has 0 radical (unpaired) electrons. The Bertz CT molecular complexity index is 1050. The van der Waals surface area contributed by atoms with Gasteiger partial charge < -0.3 is 20.7 Å². The van der Waals surface area contributed by atoms with Crippen molar-refractivity contribution < 1.29 is 19.1 Å². The second kappa shape index (κ2) is 7.78. The minimum absolute atomic E-state index is 0.0337. The largest absolute Gasteiger partial charge is 0.378 e. The van der Waals surface area contributed by atoms with Gasteiger partial charge in [-0.25, -0.2) is 0 Å². The predicted molar refractivity (Wildman–Crippen MR) is 110 cm³/mol. The number of aromatic nitrogens is 2. The van der Waals surface area contributed by atoms with Gasteiger partial charge in [-0.15, -0.1) is 0 Å². The van der Waals surface area contributed by atoms with E-state index < -0.39 is 11.9 Å². The lowest BCUT2D eigenvalue weighted by molar-refractivity contribution is -0.136. The number of hydrogen-bond donors (Lipinski definition) is 3. The van der Waals surface area contributed by atoms with E-state index in [0.717, 1.165) is 16.8 Å². The molecule has 2 aromatic rings. The van der Waals surface area contributed by atoms with Crippen molar-refractivity contribution in [3.8, 4) is 0 Å². The van der Waals surface area contributed by atoms with Crippen LogP contribution in [0.25, 0.3) is 0 Å². The van der Waals surface area contributed by atoms with Gasteiger partial charge in [0.1, 0.15) is 6.04 Å². The first-order chi connectivity index (χ1) is 15.0. The topological polar surface area (TPSA) is 132 Å². The van der Waals surface area contributed by atoms with Crippen LogP contribution in [0.5, 0.6) is 0 Å². The molecule has 4 N–H and O–H groups in total. The zero-order valence-electron chi connectivity index (χ0n) is 16.9. The summed E-state index contributed by atoms with van der Waals surface area (Å²) in [6.07, 6.45) is 4.26. The minimum atomic E-state index is -0.601. The quantitative estimate of drug-likeness (QED) is 0.583. The van der Waals surface area contributed by atoms with Gasteiger partial charge in [0.05, 0.1) is 37.2 Å². The number of fused-ring (bicyclic) bond motifs is 1. The Labute approximate surface area is 178 Å². The van der Waals surface area contributed by atoms with Gasteiger partial charge in [0.15, 0.2) is 0 Å². The molecule has 3 aliphatic rings. The van der Waals surface area contributed by atoms with E-state index in [2.05, 4.69) is 15.7 Å². The SMILES string of the molecule is N[C@@H]1COC[C@@H]1n1cc(NCc2ccc3c(c2)C(=O)N(C2CCC(=O)NC2=O)C3)cn1. The number of anilines is 1. The maximum atomic E-state index is 12.9. The summed E-state index contributed by atoms with van der Waals surface area (Å²) in [6, 6.07) is 5.12. The maximum absolute atomic E-state index is 12.9. The number of nitrogens with zero attached hydrogens (tertiary/aromatic N) is 3. The summed E-state index contributed by atoms with van der Waals surface area (Å²) >= 11 is 0. The number of rotatable bonds is 5. The zero-order valence-corrected chi connectivity index (χ0v) is 16.9. The summed E-state index contributed by atoms with van der Waals surface area (Å²) in [4.78, 5) is 38.1. The summed E-state index contributed by atoms with van der Waals surface area (Å²) in [5.41, 5.74) is 9.35. The van der Waals surface area contributed by atoms with Crippen LogP contribution in [0, 0.1) is 0 Å². The summed E-state index contributed by atoms with van der Waals surface area (Å²) in [7, 11) is 0. The molecular weight excluding hydrogens is 400 g/mol. The normalized spacial score (nSPS) is 25.6. The molecule has 5 rings (SSSR count). The zero-order chi connectivity index (χ0) is 21.5. The Morgan fingerprint density at radius 1 is 1.26 bits per heavy atom. The van der Waals surface area contributed by atoms with E-state index in [1.54, 1.807) is 11.1 Å². The van der Waals surface area contributed by atoms with Crippen LogP contribution in [-0.4, -0.2) is 57.7 Å². The van der Waals surface area contributed by atoms with Gasteiger partial charge in [-0.1, -0.05) is 12.1 Å². The minimum Gasteiger partial charge on any atom is -0.378 e. The van der Waals surface area contributed by atoms with Crippen LogP contribution in [0.4, 0.5) is 5.69 Å². The Hall–Kier alpha value is -3.24. The third-order valence-corrected chi connectivity index (χ3v) is 6.12. The van der Waals surface area contributed by atoms with Gasteiger partial charge in [0, 0.05) is 31.3 Å². The van der Waals surface area contributed by atoms with Crippen molar-refractivity contribution in [3.63, 3.8) is 0 Å². The summed E-state index contributed by atoms with van der Waals surface area (Å²) < 4.78 is 7.22. The average molecular weight is 424 g/mol. The number of nitrogens with two attached hydrogens (primary N) is 1. The van der Waals surface area contributed by atoms with E-state index in [4.69, 9.17) is 10.5 Å². The molecule has 10 nitrogen and oxygen atoms in total. The summed E-state index contributed by atoms with van der Waals surface area (Å²) in [6.45, 7) is 1.99. The number of carbonyl (C=O) groups excluding carboxylic acids is 3. The number of benzene rings is 1. The number of ether oxygens (including phenoxy) is 1. The average Bonchev–Trinajstić information content (AvgIpc) is 3.46. The number of imide groups is 1. The van der Waals surface area contributed by atoms with Gasteiger partial charge in [-0.2, -0.15) is 5.10 Å². The molecule has 3 amide bonds. The Kier molecular flexibility index (Phi) is 4.95. The molecular formula is C21H24N6O4. The molecule has 3 atom stereocenters. The van der Waals surface area contributed by atoms with Gasteiger partial charge in [0.2, 0.25) is 11.8 Å². The molecule has 0 aliphatic carbocycles. The summed E-state index contributed by atoms with van der Waals surface area (Å²) in [5.74, 6) is -0.859. The lowest BCUT2D eigenvalue weighted by Gasteiger charge is -2.29. The fourth-order valence-corrected chi connectivity index (χ4v) is 4.36. The predicted octanol–water partition coefficient (Wildman–Crippen LogP) is 0.155. The molecule has 31 heavy (non-hydrogen) atoms. The van der Waals surface area contributed by atoms with E-state index in [9.17, 15) is 14.4 Å². The molecule has 1 aromatic heterocycles. The second-order valence-electron chi connectivity index (χ2n) is 8.22. The van der Waals surface area contributed by atoms with Gasteiger partial charge in [-0.05, 0) is 23.6 Å². The van der Waals surface area contributed by atoms with E-state index >= 15 is 0 Å². The monoisotopic (exact) mass is 424 g/mol. The molecule has 1 aromatic carbocycles. The van der Waals surface area contributed by atoms with Crippen molar-refractivity contribution in [3.05, 3.63) is 47.3 Å². The first-order valence-corrected chi connectivity index (χ1v) is 10.4. The molecule has 0 spiro atoms. The smallest absolute Gasteiger partial charge is 0.255 e. The number of piperidine rings is 1. The first-order valence-electron chi connectivity index (χ1n) is 10.4. The van der Waals surface area contributed by atoms with Crippen LogP contribution in [0.3, 0.4) is 0 Å². The standard InChI is InChI=1S/C21H24N6O4/c22-16-10-31-11-18(16)27-9-14(7-24-27)23-6-12-1-2-13-8-26(21(30)15(13)5-12)17-3-4-19(28)25-20(17)29/h1-2,5,7,9,16-18,23H,3-4,6,8,10-11,22H2,(H,25,28,29)/t16-,17?,18+/m1/s1.